The molecule has 3 rings (SSSR count). The van der Waals surface area contributed by atoms with E-state index in [-0.39, 0.29) is 5.95 Å². The van der Waals surface area contributed by atoms with Crippen molar-refractivity contribution in [2.45, 2.75) is 12.8 Å². The average molecular weight is 290 g/mol. The van der Waals surface area contributed by atoms with Gasteiger partial charge in [0.1, 0.15) is 0 Å². The average Bonchev–Trinajstić information content (AvgIpc) is 3.08. The monoisotopic (exact) mass is 290 g/mol. The van der Waals surface area contributed by atoms with Crippen molar-refractivity contribution in [1.82, 2.24) is 24.7 Å². The zero-order chi connectivity index (χ0) is 14.5. The van der Waals surface area contributed by atoms with Crippen molar-refractivity contribution in [2.75, 3.05) is 30.5 Å². The second-order valence-corrected chi connectivity index (χ2v) is 4.84. The fourth-order valence-electron chi connectivity index (χ4n) is 2.20. The summed E-state index contributed by atoms with van der Waals surface area (Å²) in [6, 6.07) is 1.80. The van der Waals surface area contributed by atoms with Crippen LogP contribution in [0.15, 0.2) is 18.5 Å². The summed E-state index contributed by atoms with van der Waals surface area (Å²) in [4.78, 5) is 12.7. The van der Waals surface area contributed by atoms with E-state index in [1.807, 2.05) is 0 Å². The highest BCUT2D eigenvalue weighted by Gasteiger charge is 2.15. The Labute approximate surface area is 121 Å². The first-order chi connectivity index (χ1) is 10.3. The number of nitrogen functional groups attached to an aromatic ring is 1. The first kappa shape index (κ1) is 13.7. The van der Waals surface area contributed by atoms with Gasteiger partial charge in [0.25, 0.3) is 5.95 Å². The lowest BCUT2D eigenvalue weighted by molar-refractivity contribution is 0.0594. The van der Waals surface area contributed by atoms with Crippen LogP contribution in [0.2, 0.25) is 0 Å². The minimum Gasteiger partial charge on any atom is -0.381 e. The maximum absolute atomic E-state index is 5.46. The molecule has 1 atom stereocenters. The van der Waals surface area contributed by atoms with Crippen molar-refractivity contribution >= 4 is 11.9 Å². The highest BCUT2D eigenvalue weighted by Crippen LogP contribution is 2.14. The van der Waals surface area contributed by atoms with Gasteiger partial charge in [0.2, 0.25) is 11.9 Å². The van der Waals surface area contributed by atoms with Gasteiger partial charge in [0, 0.05) is 25.5 Å². The van der Waals surface area contributed by atoms with E-state index < -0.39 is 0 Å². The molecule has 0 saturated carbocycles. The summed E-state index contributed by atoms with van der Waals surface area (Å²) < 4.78 is 7.01. The molecule has 1 saturated heterocycles. The van der Waals surface area contributed by atoms with Gasteiger partial charge in [0.15, 0.2) is 0 Å². The van der Waals surface area contributed by atoms with Crippen LogP contribution >= 0.6 is 0 Å². The number of hydrogen-bond donors (Lipinski definition) is 3. The Morgan fingerprint density at radius 2 is 2.24 bits per heavy atom. The SMILES string of the molecule is NNc1nc(NCC2CCCOC2)nc(-n2cccn2)n1. The number of aromatic nitrogens is 5. The van der Waals surface area contributed by atoms with Crippen LogP contribution < -0.4 is 16.6 Å². The van der Waals surface area contributed by atoms with Crippen LogP contribution in [-0.4, -0.2) is 44.5 Å². The predicted molar refractivity (Wildman–Crippen MR) is 76.8 cm³/mol. The van der Waals surface area contributed by atoms with Crippen LogP contribution in [0.1, 0.15) is 12.8 Å². The summed E-state index contributed by atoms with van der Waals surface area (Å²) in [6.45, 7) is 2.38. The quantitative estimate of drug-likeness (QED) is 0.527. The minimum atomic E-state index is 0.290. The molecule has 0 spiro atoms. The molecule has 0 radical (unpaired) electrons. The number of nitrogens with two attached hydrogens (primary N) is 1. The molecular formula is C12H18N8O. The number of anilines is 2. The third kappa shape index (κ3) is 3.44. The van der Waals surface area contributed by atoms with Crippen LogP contribution in [0.5, 0.6) is 0 Å². The second kappa shape index (κ2) is 6.46. The van der Waals surface area contributed by atoms with Crippen LogP contribution in [0.25, 0.3) is 5.95 Å². The maximum Gasteiger partial charge on any atom is 0.257 e. The molecule has 3 heterocycles. The zero-order valence-corrected chi connectivity index (χ0v) is 11.6. The lowest BCUT2D eigenvalue weighted by Gasteiger charge is -2.22. The summed E-state index contributed by atoms with van der Waals surface area (Å²) >= 11 is 0. The van der Waals surface area contributed by atoms with Crippen LogP contribution in [-0.2, 0) is 4.74 Å². The molecule has 1 unspecified atom stereocenters. The van der Waals surface area contributed by atoms with Crippen molar-refractivity contribution in [3.8, 4) is 5.95 Å². The van der Waals surface area contributed by atoms with Crippen molar-refractivity contribution < 1.29 is 4.74 Å². The molecular weight excluding hydrogens is 272 g/mol. The van der Waals surface area contributed by atoms with Gasteiger partial charge in [-0.15, -0.1) is 0 Å². The van der Waals surface area contributed by atoms with E-state index in [1.54, 1.807) is 23.1 Å². The number of ether oxygens (including phenoxy) is 1. The van der Waals surface area contributed by atoms with E-state index in [9.17, 15) is 0 Å². The van der Waals surface area contributed by atoms with E-state index in [0.717, 1.165) is 32.6 Å². The molecule has 21 heavy (non-hydrogen) atoms. The van der Waals surface area contributed by atoms with E-state index >= 15 is 0 Å². The molecule has 9 nitrogen and oxygen atoms in total. The van der Waals surface area contributed by atoms with Crippen LogP contribution in [0.4, 0.5) is 11.9 Å². The topological polar surface area (TPSA) is 116 Å². The van der Waals surface area contributed by atoms with E-state index in [2.05, 4.69) is 30.8 Å². The van der Waals surface area contributed by atoms with Gasteiger partial charge in [-0.3, -0.25) is 5.43 Å². The third-order valence-corrected chi connectivity index (χ3v) is 3.27. The predicted octanol–water partition coefficient (Wildman–Crippen LogP) is 0.181. The van der Waals surface area contributed by atoms with Gasteiger partial charge in [0.05, 0.1) is 6.61 Å². The summed E-state index contributed by atoms with van der Waals surface area (Å²) in [6.07, 6.45) is 5.66. The van der Waals surface area contributed by atoms with Crippen molar-refractivity contribution in [2.24, 2.45) is 11.8 Å². The molecule has 0 amide bonds. The summed E-state index contributed by atoms with van der Waals surface area (Å²) in [5.41, 5.74) is 2.44. The number of nitrogens with zero attached hydrogens (tertiary/aromatic N) is 5. The highest BCUT2D eigenvalue weighted by molar-refractivity contribution is 5.36. The molecule has 2 aromatic rings. The van der Waals surface area contributed by atoms with E-state index in [1.165, 1.54) is 0 Å². The number of nitrogens with one attached hydrogen (secondary N) is 2. The molecule has 0 bridgehead atoms. The van der Waals surface area contributed by atoms with Crippen molar-refractivity contribution in [3.05, 3.63) is 18.5 Å². The van der Waals surface area contributed by atoms with Gasteiger partial charge < -0.3 is 10.1 Å². The van der Waals surface area contributed by atoms with E-state index in [4.69, 9.17) is 10.6 Å². The van der Waals surface area contributed by atoms with Crippen molar-refractivity contribution in [1.29, 1.82) is 0 Å². The second-order valence-electron chi connectivity index (χ2n) is 4.84. The summed E-state index contributed by atoms with van der Waals surface area (Å²) in [5, 5.41) is 7.31. The molecule has 1 fully saturated rings. The normalized spacial score (nSPS) is 18.4. The Morgan fingerprint density at radius 3 is 2.95 bits per heavy atom. The standard InChI is InChI=1S/C12H18N8O/c13-19-11-16-10(14-7-9-3-1-6-21-8-9)17-12(18-11)20-5-2-4-15-20/h2,4-5,9H,1,3,6-8,13H2,(H2,14,16,17,18,19). The summed E-state index contributed by atoms with van der Waals surface area (Å²) in [7, 11) is 0. The van der Waals surface area contributed by atoms with Crippen LogP contribution in [0.3, 0.4) is 0 Å². The Morgan fingerprint density at radius 1 is 1.33 bits per heavy atom. The Kier molecular flexibility index (Phi) is 4.22. The Hall–Kier alpha value is -2.26. The Bertz CT molecular complexity index is 567. The number of hydrazine groups is 1. The minimum absolute atomic E-state index is 0.290. The molecule has 1 aliphatic rings. The fraction of sp³-hybridized carbons (Fsp3) is 0.500. The lowest BCUT2D eigenvalue weighted by atomic mass is 10.0. The van der Waals surface area contributed by atoms with Gasteiger partial charge in [-0.05, 0) is 24.8 Å². The van der Waals surface area contributed by atoms with Crippen LogP contribution in [0, 0.1) is 5.92 Å². The maximum atomic E-state index is 5.46. The Balaban J connectivity index is 1.73. The number of rotatable bonds is 5. The molecule has 4 N–H and O–H groups in total. The third-order valence-electron chi connectivity index (χ3n) is 3.27. The molecule has 9 heteroatoms. The van der Waals surface area contributed by atoms with Gasteiger partial charge in [-0.2, -0.15) is 20.1 Å². The zero-order valence-electron chi connectivity index (χ0n) is 11.6. The number of hydrogen-bond acceptors (Lipinski definition) is 8. The van der Waals surface area contributed by atoms with Gasteiger partial charge >= 0.3 is 0 Å². The molecule has 2 aromatic heterocycles. The molecule has 112 valence electrons. The van der Waals surface area contributed by atoms with E-state index in [0.29, 0.717) is 17.8 Å². The fourth-order valence-corrected chi connectivity index (χ4v) is 2.20. The first-order valence-corrected chi connectivity index (χ1v) is 6.89. The largest absolute Gasteiger partial charge is 0.381 e. The lowest BCUT2D eigenvalue weighted by Crippen LogP contribution is -2.25. The van der Waals surface area contributed by atoms with Gasteiger partial charge in [-0.1, -0.05) is 0 Å². The first-order valence-electron chi connectivity index (χ1n) is 6.89. The summed E-state index contributed by atoms with van der Waals surface area (Å²) in [5.74, 6) is 7.03. The molecule has 0 aromatic carbocycles. The van der Waals surface area contributed by atoms with Gasteiger partial charge in [-0.25, -0.2) is 10.5 Å². The highest BCUT2D eigenvalue weighted by atomic mass is 16.5. The molecule has 1 aliphatic heterocycles. The van der Waals surface area contributed by atoms with Crippen molar-refractivity contribution in [3.63, 3.8) is 0 Å². The molecule has 0 aliphatic carbocycles. The smallest absolute Gasteiger partial charge is 0.257 e.